The Hall–Kier alpha value is -2.14. The summed E-state index contributed by atoms with van der Waals surface area (Å²) in [4.78, 5) is 4.62. The van der Waals surface area contributed by atoms with Gasteiger partial charge in [0.05, 0.1) is 35.8 Å². The highest BCUT2D eigenvalue weighted by atomic mass is 35.5. The summed E-state index contributed by atoms with van der Waals surface area (Å²) < 4.78 is 7.31. The Morgan fingerprint density at radius 1 is 1.33 bits per heavy atom. The molecule has 3 rings (SSSR count). The number of hydrogen-bond donors (Lipinski definition) is 0. The molecule has 6 heteroatoms. The first-order valence-corrected chi connectivity index (χ1v) is 7.07. The Labute approximate surface area is 127 Å². The van der Waals surface area contributed by atoms with Crippen LogP contribution in [-0.2, 0) is 6.54 Å². The van der Waals surface area contributed by atoms with Gasteiger partial charge < -0.3 is 9.30 Å². The second-order valence-corrected chi connectivity index (χ2v) is 5.40. The first kappa shape index (κ1) is 13.8. The summed E-state index contributed by atoms with van der Waals surface area (Å²) in [5.41, 5.74) is 2.73. The summed E-state index contributed by atoms with van der Waals surface area (Å²) in [7, 11) is 1.64. The Morgan fingerprint density at radius 3 is 2.86 bits per heavy atom. The standard InChI is InChI=1S/C15H15ClN4O/c1-10(16)15-18-13-8-12(21-2)5-6-14(13)20(15)9-11-4-3-7-17-19-11/h3-8,10H,9H2,1-2H3. The zero-order valence-electron chi connectivity index (χ0n) is 11.8. The lowest BCUT2D eigenvalue weighted by Gasteiger charge is -2.09. The fraction of sp³-hybridized carbons (Fsp3) is 0.267. The molecular formula is C15H15ClN4O. The van der Waals surface area contributed by atoms with Crippen molar-refractivity contribution in [3.05, 3.63) is 48.0 Å². The van der Waals surface area contributed by atoms with E-state index < -0.39 is 0 Å². The number of rotatable bonds is 4. The molecule has 1 aromatic carbocycles. The zero-order chi connectivity index (χ0) is 14.8. The summed E-state index contributed by atoms with van der Waals surface area (Å²) in [6.07, 6.45) is 1.66. The Balaban J connectivity index is 2.12. The lowest BCUT2D eigenvalue weighted by atomic mass is 10.3. The van der Waals surface area contributed by atoms with Gasteiger partial charge in [-0.25, -0.2) is 4.98 Å². The highest BCUT2D eigenvalue weighted by Gasteiger charge is 2.16. The minimum absolute atomic E-state index is 0.194. The molecule has 1 unspecified atom stereocenters. The molecule has 0 aliphatic heterocycles. The van der Waals surface area contributed by atoms with Gasteiger partial charge in [0, 0.05) is 12.3 Å². The highest BCUT2D eigenvalue weighted by molar-refractivity contribution is 6.20. The van der Waals surface area contributed by atoms with E-state index in [9.17, 15) is 0 Å². The first-order chi connectivity index (χ1) is 10.2. The van der Waals surface area contributed by atoms with Crippen molar-refractivity contribution in [3.63, 3.8) is 0 Å². The fourth-order valence-corrected chi connectivity index (χ4v) is 2.47. The average molecular weight is 303 g/mol. The molecule has 2 aromatic heterocycles. The molecule has 0 aliphatic carbocycles. The third-order valence-electron chi connectivity index (χ3n) is 3.29. The maximum Gasteiger partial charge on any atom is 0.128 e. The van der Waals surface area contributed by atoms with Gasteiger partial charge in [0.25, 0.3) is 0 Å². The minimum Gasteiger partial charge on any atom is -0.497 e. The van der Waals surface area contributed by atoms with Crippen LogP contribution >= 0.6 is 11.6 Å². The second-order valence-electron chi connectivity index (χ2n) is 4.74. The van der Waals surface area contributed by atoms with E-state index in [4.69, 9.17) is 16.3 Å². The van der Waals surface area contributed by atoms with Crippen molar-refractivity contribution < 1.29 is 4.74 Å². The van der Waals surface area contributed by atoms with Gasteiger partial charge in [-0.1, -0.05) is 0 Å². The lowest BCUT2D eigenvalue weighted by molar-refractivity contribution is 0.415. The quantitative estimate of drug-likeness (QED) is 0.695. The molecule has 3 aromatic rings. The molecule has 1 atom stereocenters. The number of alkyl halides is 1. The molecule has 0 fully saturated rings. The van der Waals surface area contributed by atoms with Gasteiger partial charge >= 0.3 is 0 Å². The van der Waals surface area contributed by atoms with Crippen molar-refractivity contribution in [1.82, 2.24) is 19.7 Å². The van der Waals surface area contributed by atoms with Crippen LogP contribution in [0.3, 0.4) is 0 Å². The highest BCUT2D eigenvalue weighted by Crippen LogP contribution is 2.27. The molecule has 108 valence electrons. The largest absolute Gasteiger partial charge is 0.497 e. The van der Waals surface area contributed by atoms with Crippen molar-refractivity contribution in [2.75, 3.05) is 7.11 Å². The van der Waals surface area contributed by atoms with Gasteiger partial charge in [-0.05, 0) is 31.2 Å². The van der Waals surface area contributed by atoms with Crippen LogP contribution in [0.2, 0.25) is 0 Å². The van der Waals surface area contributed by atoms with E-state index in [0.717, 1.165) is 28.3 Å². The van der Waals surface area contributed by atoms with E-state index in [1.807, 2.05) is 37.3 Å². The van der Waals surface area contributed by atoms with E-state index in [2.05, 4.69) is 19.7 Å². The average Bonchev–Trinajstić information content (AvgIpc) is 2.86. The van der Waals surface area contributed by atoms with Crippen LogP contribution in [0.15, 0.2) is 36.5 Å². The number of nitrogens with zero attached hydrogens (tertiary/aromatic N) is 4. The first-order valence-electron chi connectivity index (χ1n) is 6.64. The number of ether oxygens (including phenoxy) is 1. The molecule has 0 spiro atoms. The smallest absolute Gasteiger partial charge is 0.128 e. The van der Waals surface area contributed by atoms with Gasteiger partial charge in [-0.3, -0.25) is 0 Å². The monoisotopic (exact) mass is 302 g/mol. The van der Waals surface area contributed by atoms with E-state index in [-0.39, 0.29) is 5.38 Å². The van der Waals surface area contributed by atoms with Gasteiger partial charge in [0.15, 0.2) is 0 Å². The van der Waals surface area contributed by atoms with Gasteiger partial charge in [0.2, 0.25) is 0 Å². The molecule has 0 N–H and O–H groups in total. The lowest BCUT2D eigenvalue weighted by Crippen LogP contribution is -2.07. The molecule has 0 saturated carbocycles. The Bertz CT molecular complexity index is 755. The summed E-state index contributed by atoms with van der Waals surface area (Å²) >= 11 is 6.27. The Morgan fingerprint density at radius 2 is 2.19 bits per heavy atom. The predicted molar refractivity (Wildman–Crippen MR) is 81.7 cm³/mol. The summed E-state index contributed by atoms with van der Waals surface area (Å²) in [6, 6.07) is 9.62. The van der Waals surface area contributed by atoms with Gasteiger partial charge in [0.1, 0.15) is 11.6 Å². The molecule has 0 saturated heterocycles. The van der Waals surface area contributed by atoms with Crippen LogP contribution in [-0.4, -0.2) is 26.9 Å². The molecule has 0 radical (unpaired) electrons. The number of aromatic nitrogens is 4. The van der Waals surface area contributed by atoms with E-state index >= 15 is 0 Å². The van der Waals surface area contributed by atoms with E-state index in [1.165, 1.54) is 0 Å². The molecule has 2 heterocycles. The molecular weight excluding hydrogens is 288 g/mol. The molecule has 21 heavy (non-hydrogen) atoms. The topological polar surface area (TPSA) is 52.8 Å². The molecule has 0 amide bonds. The van der Waals surface area contributed by atoms with Crippen LogP contribution in [0.4, 0.5) is 0 Å². The van der Waals surface area contributed by atoms with Crippen molar-refractivity contribution in [3.8, 4) is 5.75 Å². The van der Waals surface area contributed by atoms with Crippen LogP contribution < -0.4 is 4.74 Å². The maximum atomic E-state index is 6.27. The molecule has 0 bridgehead atoms. The number of fused-ring (bicyclic) bond motifs is 1. The Kier molecular flexibility index (Phi) is 3.75. The number of halogens is 1. The summed E-state index contributed by atoms with van der Waals surface area (Å²) in [6.45, 7) is 2.50. The number of hydrogen-bond acceptors (Lipinski definition) is 4. The maximum absolute atomic E-state index is 6.27. The van der Waals surface area contributed by atoms with Crippen molar-refractivity contribution >= 4 is 22.6 Å². The SMILES string of the molecule is COc1ccc2c(c1)nc(C(C)Cl)n2Cc1cccnn1. The van der Waals surface area contributed by atoms with Crippen LogP contribution in [0.25, 0.3) is 11.0 Å². The van der Waals surface area contributed by atoms with Crippen molar-refractivity contribution in [2.45, 2.75) is 18.8 Å². The van der Waals surface area contributed by atoms with E-state index in [1.54, 1.807) is 13.3 Å². The normalized spacial score (nSPS) is 12.5. The van der Waals surface area contributed by atoms with Crippen LogP contribution in [0, 0.1) is 0 Å². The number of benzene rings is 1. The third kappa shape index (κ3) is 2.69. The molecule has 5 nitrogen and oxygen atoms in total. The van der Waals surface area contributed by atoms with Crippen LogP contribution in [0.5, 0.6) is 5.75 Å². The number of imidazole rings is 1. The predicted octanol–water partition coefficient (Wildman–Crippen LogP) is 3.18. The zero-order valence-corrected chi connectivity index (χ0v) is 12.6. The van der Waals surface area contributed by atoms with Crippen molar-refractivity contribution in [1.29, 1.82) is 0 Å². The van der Waals surface area contributed by atoms with Gasteiger partial charge in [-0.15, -0.1) is 11.6 Å². The fourth-order valence-electron chi connectivity index (χ4n) is 2.30. The number of methoxy groups -OCH3 is 1. The third-order valence-corrected chi connectivity index (χ3v) is 3.48. The van der Waals surface area contributed by atoms with E-state index in [0.29, 0.717) is 6.54 Å². The minimum atomic E-state index is -0.194. The van der Waals surface area contributed by atoms with Gasteiger partial charge in [-0.2, -0.15) is 10.2 Å². The molecule has 0 aliphatic rings. The summed E-state index contributed by atoms with van der Waals surface area (Å²) in [5.74, 6) is 1.59. The van der Waals surface area contributed by atoms with Crippen molar-refractivity contribution in [2.24, 2.45) is 0 Å². The second kappa shape index (κ2) is 5.69. The van der Waals surface area contributed by atoms with Crippen LogP contribution in [0.1, 0.15) is 23.8 Å². The summed E-state index contributed by atoms with van der Waals surface area (Å²) in [5, 5.41) is 7.84.